The Morgan fingerprint density at radius 3 is 2.63 bits per heavy atom. The molecule has 0 radical (unpaired) electrons. The molecular weight excluding hydrogens is 442 g/mol. The summed E-state index contributed by atoms with van der Waals surface area (Å²) < 4.78 is 16.5. The monoisotopic (exact) mass is 465 g/mol. The molecule has 0 amide bonds. The van der Waals surface area contributed by atoms with E-state index in [-0.39, 0.29) is 29.0 Å². The van der Waals surface area contributed by atoms with Crippen LogP contribution >= 0.6 is 35.6 Å². The van der Waals surface area contributed by atoms with Crippen LogP contribution in [0.2, 0.25) is 5.02 Å². The average molecular weight is 466 g/mol. The fraction of sp³-hybridized carbons (Fsp3) is 0.364. The van der Waals surface area contributed by atoms with E-state index in [9.17, 15) is 4.79 Å². The smallest absolute Gasteiger partial charge is 0.307 e. The minimum absolute atomic E-state index is 0.166. The molecule has 0 saturated heterocycles. The van der Waals surface area contributed by atoms with Gasteiger partial charge in [-0.05, 0) is 43.7 Å². The summed E-state index contributed by atoms with van der Waals surface area (Å²) in [4.78, 5) is 13.0. The van der Waals surface area contributed by atoms with E-state index < -0.39 is 0 Å². The van der Waals surface area contributed by atoms with Gasteiger partial charge in [0.1, 0.15) is 0 Å². The number of thioether (sulfide) groups is 1. The summed E-state index contributed by atoms with van der Waals surface area (Å²) in [5.41, 5.74) is 2.73. The van der Waals surface area contributed by atoms with Gasteiger partial charge in [-0.25, -0.2) is 0 Å². The number of nitrogens with one attached hydrogen (secondary N) is 1. The number of fused-ring (bicyclic) bond motifs is 1. The highest BCUT2D eigenvalue weighted by Crippen LogP contribution is 2.50. The number of esters is 1. The van der Waals surface area contributed by atoms with Crippen LogP contribution in [0.1, 0.15) is 36.6 Å². The maximum Gasteiger partial charge on any atom is 0.307 e. The molecule has 0 spiro atoms. The van der Waals surface area contributed by atoms with Gasteiger partial charge in [0.15, 0.2) is 11.5 Å². The number of anilines is 1. The lowest BCUT2D eigenvalue weighted by Gasteiger charge is -2.23. The minimum Gasteiger partial charge on any atom is -0.493 e. The molecule has 160 valence electrons. The van der Waals surface area contributed by atoms with Crippen LogP contribution in [0.3, 0.4) is 0 Å². The topological polar surface area (TPSA) is 56.8 Å². The zero-order valence-electron chi connectivity index (χ0n) is 17.2. The number of hydrogen-bond donors (Lipinski definition) is 1. The molecule has 1 N–H and O–H groups in total. The van der Waals surface area contributed by atoms with Crippen molar-refractivity contribution < 1.29 is 19.0 Å². The molecule has 0 unspecified atom stereocenters. The highest BCUT2D eigenvalue weighted by atomic mass is 35.5. The van der Waals surface area contributed by atoms with Gasteiger partial charge in [-0.15, -0.1) is 11.8 Å². The average Bonchev–Trinajstić information content (AvgIpc) is 2.83. The number of hydrogen-bond acceptors (Lipinski definition) is 6. The molecule has 0 fully saturated rings. The highest BCUT2D eigenvalue weighted by Gasteiger charge is 2.33. The fourth-order valence-electron chi connectivity index (χ4n) is 3.34. The number of methoxy groups -OCH3 is 2. The third-order valence-electron chi connectivity index (χ3n) is 4.58. The number of para-hydroxylation sites is 1. The van der Waals surface area contributed by atoms with Crippen molar-refractivity contribution in [2.45, 2.75) is 36.9 Å². The van der Waals surface area contributed by atoms with Crippen molar-refractivity contribution in [2.75, 3.05) is 19.5 Å². The summed E-state index contributed by atoms with van der Waals surface area (Å²) in [6.07, 6.45) is -0.0146. The SMILES string of the molecule is COc1cccc([C@H]2S[C@H](CC(=O)OC(C)C)C(=S)Nc3ccc(Cl)cc32)c1OC. The lowest BCUT2D eigenvalue weighted by molar-refractivity contribution is -0.147. The van der Waals surface area contributed by atoms with Crippen molar-refractivity contribution in [1.82, 2.24) is 0 Å². The van der Waals surface area contributed by atoms with Crippen LogP contribution in [-0.2, 0) is 9.53 Å². The molecule has 3 rings (SSSR count). The quantitative estimate of drug-likeness (QED) is 0.437. The molecule has 0 bridgehead atoms. The molecule has 8 heteroatoms. The Kier molecular flexibility index (Phi) is 7.50. The van der Waals surface area contributed by atoms with Gasteiger partial charge in [-0.2, -0.15) is 0 Å². The Morgan fingerprint density at radius 1 is 1.20 bits per heavy atom. The van der Waals surface area contributed by atoms with Crippen molar-refractivity contribution in [3.05, 3.63) is 52.5 Å². The second kappa shape index (κ2) is 9.90. The van der Waals surface area contributed by atoms with Crippen molar-refractivity contribution in [3.63, 3.8) is 0 Å². The Balaban J connectivity index is 2.08. The number of halogens is 1. The first-order chi connectivity index (χ1) is 14.3. The molecule has 2 aromatic rings. The third-order valence-corrected chi connectivity index (χ3v) is 6.86. The van der Waals surface area contributed by atoms with E-state index in [2.05, 4.69) is 5.32 Å². The molecule has 2 atom stereocenters. The second-order valence-electron chi connectivity index (χ2n) is 7.05. The van der Waals surface area contributed by atoms with Crippen molar-refractivity contribution in [3.8, 4) is 11.5 Å². The summed E-state index contributed by atoms with van der Waals surface area (Å²) in [7, 11) is 3.22. The summed E-state index contributed by atoms with van der Waals surface area (Å²) in [5.74, 6) is 0.987. The fourth-order valence-corrected chi connectivity index (χ4v) is 5.30. The zero-order chi connectivity index (χ0) is 21.8. The lowest BCUT2D eigenvalue weighted by Crippen LogP contribution is -2.26. The summed E-state index contributed by atoms with van der Waals surface area (Å²) in [6.45, 7) is 3.66. The van der Waals surface area contributed by atoms with Gasteiger partial charge in [0.2, 0.25) is 0 Å². The van der Waals surface area contributed by atoms with Crippen LogP contribution < -0.4 is 14.8 Å². The molecule has 1 heterocycles. The first-order valence-corrected chi connectivity index (χ1v) is 11.2. The number of ether oxygens (including phenoxy) is 3. The van der Waals surface area contributed by atoms with E-state index in [0.29, 0.717) is 21.5 Å². The van der Waals surface area contributed by atoms with Crippen LogP contribution in [0.25, 0.3) is 0 Å². The van der Waals surface area contributed by atoms with Crippen molar-refractivity contribution in [1.29, 1.82) is 0 Å². The van der Waals surface area contributed by atoms with Gasteiger partial charge >= 0.3 is 5.97 Å². The van der Waals surface area contributed by atoms with E-state index in [0.717, 1.165) is 16.8 Å². The minimum atomic E-state index is -0.285. The molecule has 0 aliphatic carbocycles. The number of carbonyl (C=O) groups excluding carboxylic acids is 1. The lowest BCUT2D eigenvalue weighted by atomic mass is 10.0. The first-order valence-electron chi connectivity index (χ1n) is 9.50. The maximum atomic E-state index is 12.4. The van der Waals surface area contributed by atoms with E-state index in [1.165, 1.54) is 0 Å². The van der Waals surface area contributed by atoms with Gasteiger partial charge in [0.05, 0.1) is 42.2 Å². The van der Waals surface area contributed by atoms with E-state index >= 15 is 0 Å². The summed E-state index contributed by atoms with van der Waals surface area (Å²) >= 11 is 13.5. The number of rotatable bonds is 6. The maximum absolute atomic E-state index is 12.4. The first kappa shape index (κ1) is 22.7. The highest BCUT2D eigenvalue weighted by molar-refractivity contribution is 8.02. The zero-order valence-corrected chi connectivity index (χ0v) is 19.6. The van der Waals surface area contributed by atoms with Gasteiger partial charge < -0.3 is 19.5 Å². The van der Waals surface area contributed by atoms with Crippen LogP contribution in [-0.4, -0.2) is 36.5 Å². The van der Waals surface area contributed by atoms with Crippen molar-refractivity contribution in [2.24, 2.45) is 0 Å². The molecule has 0 aromatic heterocycles. The normalized spacial score (nSPS) is 18.3. The van der Waals surface area contributed by atoms with Gasteiger partial charge in [0, 0.05) is 16.3 Å². The molecule has 30 heavy (non-hydrogen) atoms. The van der Waals surface area contributed by atoms with Gasteiger partial charge in [-0.3, -0.25) is 4.79 Å². The number of benzene rings is 2. The Labute approximate surface area is 191 Å². The predicted octanol–water partition coefficient (Wildman–Crippen LogP) is 5.64. The van der Waals surface area contributed by atoms with E-state index in [1.54, 1.807) is 26.0 Å². The number of carbonyl (C=O) groups is 1. The largest absolute Gasteiger partial charge is 0.493 e. The van der Waals surface area contributed by atoms with Crippen LogP contribution in [0.4, 0.5) is 5.69 Å². The Hall–Kier alpha value is -1.96. The Bertz CT molecular complexity index is 951. The molecular formula is C22H24ClNO4S2. The van der Waals surface area contributed by atoms with Crippen LogP contribution in [0.15, 0.2) is 36.4 Å². The summed E-state index contributed by atoms with van der Waals surface area (Å²) in [5, 5.41) is 3.45. The standard InChI is InChI=1S/C22H24ClNO4S2/c1-12(2)28-19(25)11-18-22(29)24-16-9-8-13(23)10-15(16)21(30-18)14-6-5-7-17(26-3)20(14)27-4/h5-10,12,18,21H,11H2,1-4H3,(H,24,29)/t18-,21-/m1/s1. The molecule has 1 aliphatic heterocycles. The van der Waals surface area contributed by atoms with Gasteiger partial charge in [-0.1, -0.05) is 36.0 Å². The summed E-state index contributed by atoms with van der Waals surface area (Å²) in [6, 6.07) is 11.4. The van der Waals surface area contributed by atoms with Crippen molar-refractivity contribution >= 4 is 52.2 Å². The molecule has 2 aromatic carbocycles. The molecule has 5 nitrogen and oxygen atoms in total. The van der Waals surface area contributed by atoms with Crippen LogP contribution in [0, 0.1) is 0 Å². The third kappa shape index (κ3) is 5.02. The Morgan fingerprint density at radius 2 is 1.97 bits per heavy atom. The molecule has 0 saturated carbocycles. The van der Waals surface area contributed by atoms with Crippen LogP contribution in [0.5, 0.6) is 11.5 Å². The van der Waals surface area contributed by atoms with Gasteiger partial charge in [0.25, 0.3) is 0 Å². The van der Waals surface area contributed by atoms with E-state index in [4.69, 9.17) is 38.0 Å². The number of thiocarbonyl (C=S) groups is 1. The molecule has 1 aliphatic rings. The van der Waals surface area contributed by atoms with E-state index in [1.807, 2.05) is 50.2 Å². The predicted molar refractivity (Wildman–Crippen MR) is 126 cm³/mol. The second-order valence-corrected chi connectivity index (χ2v) is 9.24.